The van der Waals surface area contributed by atoms with Crippen LogP contribution in [0.15, 0.2) is 36.2 Å². The number of hydrogen-bond acceptors (Lipinski definition) is 2. The number of ether oxygens (including phenoxy) is 1. The van der Waals surface area contributed by atoms with Gasteiger partial charge in [-0.2, -0.15) is 13.2 Å². The van der Waals surface area contributed by atoms with Gasteiger partial charge in [-0.3, -0.25) is 0 Å². The minimum absolute atomic E-state index is 0.297. The molecule has 0 saturated heterocycles. The molecular formula is C12H7F3O2. The number of carbonyl (C=O) groups excluding carboxylic acids is 1. The largest absolute Gasteiger partial charge is 0.465 e. The smallest absolute Gasteiger partial charge is 0.337 e. The number of rotatable bonds is 1. The lowest BCUT2D eigenvalue weighted by Crippen LogP contribution is -2.00. The number of carbonyl (C=O) groups is 1. The fourth-order valence-electron chi connectivity index (χ4n) is 0.982. The minimum atomic E-state index is -2.45. The van der Waals surface area contributed by atoms with E-state index in [0.29, 0.717) is 11.1 Å². The molecule has 0 radical (unpaired) electrons. The Hall–Kier alpha value is -2.22. The summed E-state index contributed by atoms with van der Waals surface area (Å²) in [6.07, 6.45) is -2.45. The van der Waals surface area contributed by atoms with Gasteiger partial charge in [0.2, 0.25) is 5.83 Å². The molecule has 0 heterocycles. The first-order valence-corrected chi connectivity index (χ1v) is 4.45. The van der Waals surface area contributed by atoms with Crippen LogP contribution < -0.4 is 0 Å². The monoisotopic (exact) mass is 240 g/mol. The van der Waals surface area contributed by atoms with E-state index in [1.165, 1.54) is 31.4 Å². The number of allylic oxidation sites excluding steroid dienone is 1. The molecule has 0 N–H and O–H groups in total. The molecule has 5 heteroatoms. The second kappa shape index (κ2) is 5.75. The summed E-state index contributed by atoms with van der Waals surface area (Å²) >= 11 is 0. The van der Waals surface area contributed by atoms with Gasteiger partial charge < -0.3 is 4.74 Å². The molecule has 1 aromatic carbocycles. The number of esters is 1. The van der Waals surface area contributed by atoms with E-state index >= 15 is 0 Å². The van der Waals surface area contributed by atoms with E-state index in [1.54, 1.807) is 5.92 Å². The summed E-state index contributed by atoms with van der Waals surface area (Å²) in [6.45, 7) is 0. The van der Waals surface area contributed by atoms with Gasteiger partial charge in [-0.25, -0.2) is 4.79 Å². The molecule has 0 atom stereocenters. The van der Waals surface area contributed by atoms with Crippen molar-refractivity contribution in [2.24, 2.45) is 0 Å². The maximum atomic E-state index is 12.4. The molecular weight excluding hydrogens is 233 g/mol. The third-order valence-corrected chi connectivity index (χ3v) is 1.79. The van der Waals surface area contributed by atoms with Gasteiger partial charge in [-0.1, -0.05) is 5.92 Å². The molecule has 0 unspecified atom stereocenters. The van der Waals surface area contributed by atoms with Gasteiger partial charge in [-0.15, -0.1) is 0 Å². The first-order chi connectivity index (χ1) is 8.04. The number of methoxy groups -OCH3 is 1. The van der Waals surface area contributed by atoms with E-state index in [1.807, 2.05) is 0 Å². The van der Waals surface area contributed by atoms with Crippen LogP contribution in [-0.4, -0.2) is 13.1 Å². The molecule has 1 rings (SSSR count). The van der Waals surface area contributed by atoms with Crippen LogP contribution in [-0.2, 0) is 4.74 Å². The Morgan fingerprint density at radius 2 is 1.76 bits per heavy atom. The molecule has 0 aliphatic rings. The Morgan fingerprint density at radius 1 is 1.18 bits per heavy atom. The summed E-state index contributed by atoms with van der Waals surface area (Å²) in [4.78, 5) is 11.1. The van der Waals surface area contributed by atoms with Crippen LogP contribution in [0.25, 0.3) is 0 Å². The van der Waals surface area contributed by atoms with Crippen LogP contribution >= 0.6 is 0 Å². The van der Waals surface area contributed by atoms with Crippen LogP contribution in [0, 0.1) is 11.8 Å². The van der Waals surface area contributed by atoms with Gasteiger partial charge in [0.05, 0.1) is 12.7 Å². The van der Waals surface area contributed by atoms with Crippen molar-refractivity contribution in [1.82, 2.24) is 0 Å². The number of hydrogen-bond donors (Lipinski definition) is 0. The second-order valence-corrected chi connectivity index (χ2v) is 2.89. The average Bonchev–Trinajstić information content (AvgIpc) is 2.35. The van der Waals surface area contributed by atoms with Crippen molar-refractivity contribution < 1.29 is 22.7 Å². The van der Waals surface area contributed by atoms with Crippen molar-refractivity contribution in [1.29, 1.82) is 0 Å². The molecule has 1 aromatic rings. The number of halogens is 3. The molecule has 0 bridgehead atoms. The standard InChI is InChI=1S/C12H7F3O2/c1-17-12(16)9-5-2-8(3-6-9)4-7-10(13)11(14)15/h2-3,5-6H,1H3. The van der Waals surface area contributed by atoms with Crippen molar-refractivity contribution in [2.45, 2.75) is 0 Å². The SMILES string of the molecule is COC(=O)c1ccc(C#CC(F)=C(F)F)cc1. The number of benzene rings is 1. The van der Waals surface area contributed by atoms with Gasteiger partial charge in [0, 0.05) is 5.56 Å². The van der Waals surface area contributed by atoms with Crippen molar-refractivity contribution in [3.8, 4) is 11.8 Å². The molecule has 0 saturated carbocycles. The van der Waals surface area contributed by atoms with Crippen molar-refractivity contribution in [2.75, 3.05) is 7.11 Å². The summed E-state index contributed by atoms with van der Waals surface area (Å²) < 4.78 is 40.2. The Balaban J connectivity index is 2.90. The van der Waals surface area contributed by atoms with Crippen molar-refractivity contribution in [3.63, 3.8) is 0 Å². The summed E-state index contributed by atoms with van der Waals surface area (Å²) in [7, 11) is 1.24. The van der Waals surface area contributed by atoms with Gasteiger partial charge in [0.1, 0.15) is 0 Å². The molecule has 0 fully saturated rings. The molecule has 0 aliphatic heterocycles. The zero-order chi connectivity index (χ0) is 12.8. The first-order valence-electron chi connectivity index (χ1n) is 4.45. The molecule has 0 aromatic heterocycles. The van der Waals surface area contributed by atoms with Crippen LogP contribution in [0.2, 0.25) is 0 Å². The summed E-state index contributed by atoms with van der Waals surface area (Å²) in [5.74, 6) is 1.57. The quantitative estimate of drug-likeness (QED) is 0.557. The lowest BCUT2D eigenvalue weighted by Gasteiger charge is -1.97. The van der Waals surface area contributed by atoms with Gasteiger partial charge in [-0.05, 0) is 30.2 Å². The lowest BCUT2D eigenvalue weighted by atomic mass is 10.1. The van der Waals surface area contributed by atoms with Crippen molar-refractivity contribution in [3.05, 3.63) is 47.3 Å². The molecule has 2 nitrogen and oxygen atoms in total. The third-order valence-electron chi connectivity index (χ3n) is 1.79. The van der Waals surface area contributed by atoms with Gasteiger partial charge in [0.15, 0.2) is 0 Å². The first kappa shape index (κ1) is 12.8. The Kier molecular flexibility index (Phi) is 4.35. The van der Waals surface area contributed by atoms with Crippen LogP contribution in [0.4, 0.5) is 13.2 Å². The maximum absolute atomic E-state index is 12.4. The van der Waals surface area contributed by atoms with E-state index in [9.17, 15) is 18.0 Å². The molecule has 0 spiro atoms. The van der Waals surface area contributed by atoms with E-state index in [4.69, 9.17) is 0 Å². The highest BCUT2D eigenvalue weighted by atomic mass is 19.3. The molecule has 17 heavy (non-hydrogen) atoms. The lowest BCUT2D eigenvalue weighted by molar-refractivity contribution is 0.0600. The van der Waals surface area contributed by atoms with Crippen LogP contribution in [0.3, 0.4) is 0 Å². The van der Waals surface area contributed by atoms with E-state index in [2.05, 4.69) is 10.7 Å². The minimum Gasteiger partial charge on any atom is -0.465 e. The summed E-state index contributed by atoms with van der Waals surface area (Å²) in [5, 5.41) is 0. The van der Waals surface area contributed by atoms with E-state index in [0.717, 1.165) is 0 Å². The molecule has 0 amide bonds. The molecule has 0 aliphatic carbocycles. The normalized spacial score (nSPS) is 8.94. The van der Waals surface area contributed by atoms with Crippen molar-refractivity contribution >= 4 is 5.97 Å². The Morgan fingerprint density at radius 3 is 2.24 bits per heavy atom. The van der Waals surface area contributed by atoms with Gasteiger partial charge >= 0.3 is 12.0 Å². The van der Waals surface area contributed by atoms with E-state index < -0.39 is 17.9 Å². The highest BCUT2D eigenvalue weighted by Gasteiger charge is 2.03. The topological polar surface area (TPSA) is 26.3 Å². The second-order valence-electron chi connectivity index (χ2n) is 2.89. The maximum Gasteiger partial charge on any atom is 0.337 e. The van der Waals surface area contributed by atoms with Crippen LogP contribution in [0.1, 0.15) is 15.9 Å². The zero-order valence-corrected chi connectivity index (χ0v) is 8.76. The highest BCUT2D eigenvalue weighted by molar-refractivity contribution is 5.89. The van der Waals surface area contributed by atoms with E-state index in [-0.39, 0.29) is 0 Å². The Bertz CT molecular complexity index is 503. The predicted octanol–water partition coefficient (Wildman–Crippen LogP) is 2.90. The fraction of sp³-hybridized carbons (Fsp3) is 0.0833. The summed E-state index contributed by atoms with van der Waals surface area (Å²) in [5.41, 5.74) is 0.611. The summed E-state index contributed by atoms with van der Waals surface area (Å²) in [6, 6.07) is 5.62. The molecule has 88 valence electrons. The highest BCUT2D eigenvalue weighted by Crippen LogP contribution is 2.08. The Labute approximate surface area is 95.7 Å². The zero-order valence-electron chi connectivity index (χ0n) is 8.76. The average molecular weight is 240 g/mol. The van der Waals surface area contributed by atoms with Gasteiger partial charge in [0.25, 0.3) is 0 Å². The third kappa shape index (κ3) is 3.68. The predicted molar refractivity (Wildman–Crippen MR) is 55.0 cm³/mol. The van der Waals surface area contributed by atoms with Crippen LogP contribution in [0.5, 0.6) is 0 Å². The fourth-order valence-corrected chi connectivity index (χ4v) is 0.982.